The molecular formula is C11H20. The highest BCUT2D eigenvalue weighted by molar-refractivity contribution is 5.20. The molecule has 0 radical (unpaired) electrons. The minimum Gasteiger partial charge on any atom is -0.0847 e. The van der Waals surface area contributed by atoms with Crippen molar-refractivity contribution < 1.29 is 0 Å². The first-order chi connectivity index (χ1) is 5.24. The molecule has 11 heavy (non-hydrogen) atoms. The second-order valence-electron chi connectivity index (χ2n) is 2.94. The van der Waals surface area contributed by atoms with Crippen LogP contribution in [0.4, 0.5) is 0 Å². The van der Waals surface area contributed by atoms with E-state index >= 15 is 0 Å². The fourth-order valence-corrected chi connectivity index (χ4v) is 1.08. The molecule has 0 bridgehead atoms. The predicted molar refractivity (Wildman–Crippen MR) is 52.7 cm³/mol. The number of allylic oxidation sites excluding steroid dienone is 4. The molecule has 0 aliphatic heterocycles. The standard InChI is InChI=1S/C11H20/c1-5-8-11(7-3)9-10(4)6-2/h6,9H,5,7-8H2,1-4H3/b10-6-,11-9+. The van der Waals surface area contributed by atoms with Crippen molar-refractivity contribution in [2.24, 2.45) is 0 Å². The van der Waals surface area contributed by atoms with Gasteiger partial charge in [0.2, 0.25) is 0 Å². The fraction of sp³-hybridized carbons (Fsp3) is 0.636. The van der Waals surface area contributed by atoms with Crippen LogP contribution in [0.2, 0.25) is 0 Å². The van der Waals surface area contributed by atoms with Gasteiger partial charge in [0.05, 0.1) is 0 Å². The third-order valence-corrected chi connectivity index (χ3v) is 1.91. The molecule has 0 aliphatic rings. The van der Waals surface area contributed by atoms with Crippen LogP contribution in [0, 0.1) is 0 Å². The van der Waals surface area contributed by atoms with Gasteiger partial charge >= 0.3 is 0 Å². The van der Waals surface area contributed by atoms with Crippen LogP contribution < -0.4 is 0 Å². The maximum atomic E-state index is 2.31. The Kier molecular flexibility index (Phi) is 5.91. The smallest absolute Gasteiger partial charge is 0.0320 e. The predicted octanol–water partition coefficient (Wildman–Crippen LogP) is 4.09. The van der Waals surface area contributed by atoms with E-state index in [1.165, 1.54) is 24.8 Å². The van der Waals surface area contributed by atoms with E-state index in [0.29, 0.717) is 0 Å². The van der Waals surface area contributed by atoms with Gasteiger partial charge in [-0.3, -0.25) is 0 Å². The van der Waals surface area contributed by atoms with Crippen molar-refractivity contribution in [2.45, 2.75) is 47.0 Å². The van der Waals surface area contributed by atoms with E-state index in [1.54, 1.807) is 5.57 Å². The summed E-state index contributed by atoms with van der Waals surface area (Å²) in [4.78, 5) is 0. The van der Waals surface area contributed by atoms with Gasteiger partial charge in [-0.2, -0.15) is 0 Å². The molecule has 0 heterocycles. The van der Waals surface area contributed by atoms with Crippen LogP contribution in [0.1, 0.15) is 47.0 Å². The van der Waals surface area contributed by atoms with Crippen LogP contribution in [0.15, 0.2) is 23.3 Å². The van der Waals surface area contributed by atoms with Crippen LogP contribution in [0.3, 0.4) is 0 Å². The summed E-state index contributed by atoms with van der Waals surface area (Å²) in [5.41, 5.74) is 2.96. The lowest BCUT2D eigenvalue weighted by Crippen LogP contribution is -1.81. The molecule has 0 aromatic rings. The molecule has 0 heteroatoms. The summed E-state index contributed by atoms with van der Waals surface area (Å²) < 4.78 is 0. The number of hydrogen-bond acceptors (Lipinski definition) is 0. The van der Waals surface area contributed by atoms with Crippen LogP contribution in [-0.4, -0.2) is 0 Å². The molecule has 0 aromatic carbocycles. The van der Waals surface area contributed by atoms with Gasteiger partial charge in [-0.05, 0) is 26.7 Å². The third-order valence-electron chi connectivity index (χ3n) is 1.91. The van der Waals surface area contributed by atoms with Crippen molar-refractivity contribution in [3.05, 3.63) is 23.3 Å². The molecule has 0 spiro atoms. The molecule has 0 rings (SSSR count). The molecule has 0 aromatic heterocycles. The lowest BCUT2D eigenvalue weighted by molar-refractivity contribution is 0.857. The topological polar surface area (TPSA) is 0 Å². The van der Waals surface area contributed by atoms with Crippen molar-refractivity contribution in [1.29, 1.82) is 0 Å². The molecule has 64 valence electrons. The zero-order valence-corrected chi connectivity index (χ0v) is 8.28. The summed E-state index contributed by atoms with van der Waals surface area (Å²) in [5, 5.41) is 0. The minimum absolute atomic E-state index is 1.19. The molecule has 0 atom stereocenters. The van der Waals surface area contributed by atoms with Crippen molar-refractivity contribution in [1.82, 2.24) is 0 Å². The summed E-state index contributed by atoms with van der Waals surface area (Å²) in [7, 11) is 0. The maximum Gasteiger partial charge on any atom is -0.0320 e. The Labute approximate surface area is 71.0 Å². The first kappa shape index (κ1) is 10.5. The molecular weight excluding hydrogens is 132 g/mol. The highest BCUT2D eigenvalue weighted by atomic mass is 14.0. The molecule has 0 fully saturated rings. The van der Waals surface area contributed by atoms with E-state index < -0.39 is 0 Å². The Balaban J connectivity index is 4.10. The largest absolute Gasteiger partial charge is 0.0847 e. The molecule has 0 N–H and O–H groups in total. The van der Waals surface area contributed by atoms with Gasteiger partial charge < -0.3 is 0 Å². The second-order valence-corrected chi connectivity index (χ2v) is 2.94. The normalized spacial score (nSPS) is 13.8. The van der Waals surface area contributed by atoms with E-state index in [1.807, 2.05) is 0 Å². The molecule has 0 saturated heterocycles. The first-order valence-electron chi connectivity index (χ1n) is 4.56. The Morgan fingerprint density at radius 3 is 2.27 bits per heavy atom. The Bertz CT molecular complexity index is 149. The van der Waals surface area contributed by atoms with E-state index in [4.69, 9.17) is 0 Å². The van der Waals surface area contributed by atoms with Crippen LogP contribution >= 0.6 is 0 Å². The second kappa shape index (κ2) is 6.21. The monoisotopic (exact) mass is 152 g/mol. The van der Waals surface area contributed by atoms with Crippen LogP contribution in [-0.2, 0) is 0 Å². The van der Waals surface area contributed by atoms with Gasteiger partial charge in [-0.25, -0.2) is 0 Å². The highest BCUT2D eigenvalue weighted by Gasteiger charge is 1.91. The van der Waals surface area contributed by atoms with Crippen molar-refractivity contribution >= 4 is 0 Å². The molecule has 0 amide bonds. The zero-order chi connectivity index (χ0) is 8.69. The molecule has 0 unspecified atom stereocenters. The zero-order valence-electron chi connectivity index (χ0n) is 8.28. The van der Waals surface area contributed by atoms with E-state index in [0.717, 1.165) is 0 Å². The van der Waals surface area contributed by atoms with Gasteiger partial charge in [-0.15, -0.1) is 0 Å². The Morgan fingerprint density at radius 2 is 1.91 bits per heavy atom. The van der Waals surface area contributed by atoms with E-state index in [-0.39, 0.29) is 0 Å². The van der Waals surface area contributed by atoms with Gasteiger partial charge in [0.1, 0.15) is 0 Å². The van der Waals surface area contributed by atoms with Gasteiger partial charge in [0, 0.05) is 0 Å². The van der Waals surface area contributed by atoms with Crippen LogP contribution in [0.25, 0.3) is 0 Å². The summed E-state index contributed by atoms with van der Waals surface area (Å²) in [6, 6.07) is 0. The molecule has 0 nitrogen and oxygen atoms in total. The highest BCUT2D eigenvalue weighted by Crippen LogP contribution is 2.11. The summed E-state index contributed by atoms with van der Waals surface area (Å²) in [6.07, 6.45) is 8.17. The van der Waals surface area contributed by atoms with Gasteiger partial charge in [0.15, 0.2) is 0 Å². The Morgan fingerprint density at radius 1 is 1.27 bits per heavy atom. The maximum absolute atomic E-state index is 2.31. The van der Waals surface area contributed by atoms with Crippen molar-refractivity contribution in [3.63, 3.8) is 0 Å². The summed E-state index contributed by atoms with van der Waals surface area (Å²) in [6.45, 7) is 8.70. The summed E-state index contributed by atoms with van der Waals surface area (Å²) >= 11 is 0. The number of hydrogen-bond donors (Lipinski definition) is 0. The number of rotatable bonds is 4. The first-order valence-corrected chi connectivity index (χ1v) is 4.56. The third kappa shape index (κ3) is 4.83. The van der Waals surface area contributed by atoms with E-state index in [2.05, 4.69) is 39.8 Å². The van der Waals surface area contributed by atoms with Gasteiger partial charge in [0.25, 0.3) is 0 Å². The Hall–Kier alpha value is -0.520. The molecule has 0 saturated carbocycles. The molecule has 0 aliphatic carbocycles. The lowest BCUT2D eigenvalue weighted by atomic mass is 10.1. The van der Waals surface area contributed by atoms with E-state index in [9.17, 15) is 0 Å². The SMILES string of the molecule is C/C=C(C)\C=C(/CC)CCC. The fourth-order valence-electron chi connectivity index (χ4n) is 1.08. The van der Waals surface area contributed by atoms with Crippen LogP contribution in [0.5, 0.6) is 0 Å². The average molecular weight is 152 g/mol. The van der Waals surface area contributed by atoms with Crippen molar-refractivity contribution in [3.8, 4) is 0 Å². The average Bonchev–Trinajstić information content (AvgIpc) is 2.03. The summed E-state index contributed by atoms with van der Waals surface area (Å²) in [5.74, 6) is 0. The minimum atomic E-state index is 1.19. The van der Waals surface area contributed by atoms with Gasteiger partial charge in [-0.1, -0.05) is 43.6 Å². The van der Waals surface area contributed by atoms with Crippen molar-refractivity contribution in [2.75, 3.05) is 0 Å². The lowest BCUT2D eigenvalue weighted by Gasteiger charge is -2.01. The quantitative estimate of drug-likeness (QED) is 0.532.